The van der Waals surface area contributed by atoms with Crippen LogP contribution >= 0.6 is 15.9 Å². The Balaban J connectivity index is 1.75. The topological polar surface area (TPSA) is 69.8 Å². The minimum Gasteiger partial charge on any atom is -0.374 e. The smallest absolute Gasteiger partial charge is 0.167 e. The number of rotatable bonds is 11. The number of nitrogens with one attached hydrogen (secondary N) is 3. The number of Topliss-reactive ketones (excluding diaryl/α,β-unsaturated/α-hetero) is 1. The first-order valence-electron chi connectivity index (χ1n) is 11.8. The molecule has 1 heterocycles. The maximum atomic E-state index is 14.2. The third-order valence-corrected chi connectivity index (χ3v) is 7.16. The van der Waals surface area contributed by atoms with Gasteiger partial charge in [0, 0.05) is 17.7 Å². The SMILES string of the molecule is C=C(Nc1n[nH]c(C(=C)NC(CC(C)(C)c2ccccc2CC)C(C)=O)c1Br)C1=C(F)CCC=C1. The predicted molar refractivity (Wildman–Crippen MR) is 146 cm³/mol. The lowest BCUT2D eigenvalue weighted by atomic mass is 9.76. The average Bonchev–Trinajstić information content (AvgIpc) is 3.18. The number of benzene rings is 1. The Morgan fingerprint density at radius 1 is 1.29 bits per heavy atom. The van der Waals surface area contributed by atoms with Crippen molar-refractivity contribution in [1.82, 2.24) is 15.5 Å². The van der Waals surface area contributed by atoms with E-state index in [9.17, 15) is 9.18 Å². The van der Waals surface area contributed by atoms with Crippen LogP contribution in [0.4, 0.5) is 10.2 Å². The summed E-state index contributed by atoms with van der Waals surface area (Å²) in [6, 6.07) is 7.94. The standard InChI is InChI=1S/C28H34BrFN4O/c1-7-20-12-8-10-14-22(20)28(5,6)16-24(19(4)35)31-18(3)26-25(29)27(34-33-26)32-17(2)21-13-9-11-15-23(21)30/h8-10,12-14,24,31H,2-3,7,11,15-16H2,1,4-6H3,(H2,32,33,34). The van der Waals surface area contributed by atoms with Crippen LogP contribution in [0.2, 0.25) is 0 Å². The molecule has 7 heteroatoms. The third-order valence-electron chi connectivity index (χ3n) is 6.39. The first kappa shape index (κ1) is 26.7. The van der Waals surface area contributed by atoms with Gasteiger partial charge in [-0.3, -0.25) is 9.89 Å². The molecule has 2 aromatic rings. The quantitative estimate of drug-likeness (QED) is 0.283. The molecule has 3 rings (SSSR count). The molecule has 0 amide bonds. The second-order valence-corrected chi connectivity index (χ2v) is 10.3. The van der Waals surface area contributed by atoms with Crippen molar-refractivity contribution in [1.29, 1.82) is 0 Å². The zero-order chi connectivity index (χ0) is 25.8. The summed E-state index contributed by atoms with van der Waals surface area (Å²) in [6.07, 6.45) is 6.24. The lowest BCUT2D eigenvalue weighted by molar-refractivity contribution is -0.119. The van der Waals surface area contributed by atoms with E-state index < -0.39 is 6.04 Å². The van der Waals surface area contributed by atoms with Crippen LogP contribution in [0.1, 0.15) is 63.8 Å². The Labute approximate surface area is 215 Å². The van der Waals surface area contributed by atoms with E-state index in [1.54, 1.807) is 13.0 Å². The number of carbonyl (C=O) groups is 1. The maximum Gasteiger partial charge on any atom is 0.167 e. The average molecular weight is 542 g/mol. The first-order chi connectivity index (χ1) is 16.5. The third kappa shape index (κ3) is 6.20. The highest BCUT2D eigenvalue weighted by Crippen LogP contribution is 2.34. The molecule has 0 bridgehead atoms. The van der Waals surface area contributed by atoms with Gasteiger partial charge in [-0.25, -0.2) is 4.39 Å². The van der Waals surface area contributed by atoms with Crippen LogP contribution in [0.15, 0.2) is 71.1 Å². The van der Waals surface area contributed by atoms with E-state index in [2.05, 4.69) is 82.8 Å². The Bertz CT molecular complexity index is 1190. The molecule has 1 unspecified atom stereocenters. The normalized spacial score (nSPS) is 14.6. The van der Waals surface area contributed by atoms with Crippen molar-refractivity contribution in [3.63, 3.8) is 0 Å². The molecule has 1 atom stereocenters. The van der Waals surface area contributed by atoms with Crippen LogP contribution < -0.4 is 10.6 Å². The molecule has 0 radical (unpaired) electrons. The molecule has 0 saturated heterocycles. The Morgan fingerprint density at radius 2 is 2.00 bits per heavy atom. The minimum atomic E-state index is -0.435. The van der Waals surface area contributed by atoms with Gasteiger partial charge in [0.1, 0.15) is 5.83 Å². The fraction of sp³-hybridized carbons (Fsp3) is 0.357. The summed E-state index contributed by atoms with van der Waals surface area (Å²) in [5.41, 5.74) is 4.30. The van der Waals surface area contributed by atoms with Gasteiger partial charge >= 0.3 is 0 Å². The zero-order valence-corrected chi connectivity index (χ0v) is 22.5. The van der Waals surface area contributed by atoms with Gasteiger partial charge in [-0.05, 0) is 58.7 Å². The predicted octanol–water partition coefficient (Wildman–Crippen LogP) is 7.12. The number of aryl methyl sites for hydroxylation is 1. The van der Waals surface area contributed by atoms with Crippen LogP contribution in [-0.4, -0.2) is 22.0 Å². The lowest BCUT2D eigenvalue weighted by Gasteiger charge is -2.32. The molecule has 1 aromatic carbocycles. The summed E-state index contributed by atoms with van der Waals surface area (Å²) < 4.78 is 14.8. The zero-order valence-electron chi connectivity index (χ0n) is 20.9. The van der Waals surface area contributed by atoms with E-state index in [1.807, 2.05) is 18.2 Å². The molecule has 0 spiro atoms. The number of hydrogen-bond acceptors (Lipinski definition) is 4. The van der Waals surface area contributed by atoms with Crippen molar-refractivity contribution in [3.8, 4) is 0 Å². The summed E-state index contributed by atoms with van der Waals surface area (Å²) in [5.74, 6) is 0.297. The Morgan fingerprint density at radius 3 is 2.66 bits per heavy atom. The number of hydrogen-bond donors (Lipinski definition) is 3. The second kappa shape index (κ2) is 11.2. The monoisotopic (exact) mass is 540 g/mol. The van der Waals surface area contributed by atoms with E-state index in [4.69, 9.17) is 0 Å². The lowest BCUT2D eigenvalue weighted by Crippen LogP contribution is -2.39. The maximum absolute atomic E-state index is 14.2. The minimum absolute atomic E-state index is 0.0297. The number of nitrogens with zero attached hydrogens (tertiary/aromatic N) is 1. The second-order valence-electron chi connectivity index (χ2n) is 9.51. The van der Waals surface area contributed by atoms with Crippen molar-refractivity contribution >= 4 is 33.2 Å². The van der Waals surface area contributed by atoms with Crippen LogP contribution in [0, 0.1) is 0 Å². The molecule has 0 saturated carbocycles. The molecule has 3 N–H and O–H groups in total. The van der Waals surface area contributed by atoms with Gasteiger partial charge in [0.15, 0.2) is 11.6 Å². The molecule has 1 aliphatic rings. The van der Waals surface area contributed by atoms with E-state index in [0.717, 1.165) is 6.42 Å². The summed E-state index contributed by atoms with van der Waals surface area (Å²) in [6.45, 7) is 16.2. The van der Waals surface area contributed by atoms with Crippen LogP contribution in [0.3, 0.4) is 0 Å². The number of aromatic amines is 1. The molecule has 35 heavy (non-hydrogen) atoms. The fourth-order valence-electron chi connectivity index (χ4n) is 4.41. The highest BCUT2D eigenvalue weighted by Gasteiger charge is 2.30. The molecule has 1 aliphatic carbocycles. The number of ketones is 1. The molecule has 186 valence electrons. The van der Waals surface area contributed by atoms with E-state index >= 15 is 0 Å². The summed E-state index contributed by atoms with van der Waals surface area (Å²) in [7, 11) is 0. The van der Waals surface area contributed by atoms with Crippen molar-refractivity contribution in [3.05, 3.63) is 88.0 Å². The van der Waals surface area contributed by atoms with Gasteiger partial charge in [0.25, 0.3) is 0 Å². The van der Waals surface area contributed by atoms with Crippen LogP contribution in [0.5, 0.6) is 0 Å². The highest BCUT2D eigenvalue weighted by molar-refractivity contribution is 9.10. The number of halogens is 2. The molecule has 0 aliphatic heterocycles. The van der Waals surface area contributed by atoms with Crippen LogP contribution in [-0.2, 0) is 16.6 Å². The molecule has 5 nitrogen and oxygen atoms in total. The fourth-order valence-corrected chi connectivity index (χ4v) is 4.93. The largest absolute Gasteiger partial charge is 0.374 e. The van der Waals surface area contributed by atoms with Crippen LogP contribution in [0.25, 0.3) is 5.70 Å². The highest BCUT2D eigenvalue weighted by atomic mass is 79.9. The van der Waals surface area contributed by atoms with E-state index in [0.29, 0.717) is 52.2 Å². The summed E-state index contributed by atoms with van der Waals surface area (Å²) in [4.78, 5) is 12.6. The number of carbonyl (C=O) groups excluding carboxylic acids is 1. The van der Waals surface area contributed by atoms with Crippen molar-refractivity contribution in [2.24, 2.45) is 0 Å². The van der Waals surface area contributed by atoms with Crippen molar-refractivity contribution < 1.29 is 9.18 Å². The Hall–Kier alpha value is -2.93. The number of allylic oxidation sites excluding steroid dienone is 3. The Kier molecular flexibility index (Phi) is 8.54. The van der Waals surface area contributed by atoms with Gasteiger partial charge in [0.2, 0.25) is 0 Å². The molecular formula is C28H34BrFN4O. The van der Waals surface area contributed by atoms with Gasteiger partial charge in [-0.2, -0.15) is 5.10 Å². The molecule has 1 aromatic heterocycles. The van der Waals surface area contributed by atoms with Gasteiger partial charge < -0.3 is 10.6 Å². The van der Waals surface area contributed by atoms with Crippen molar-refractivity contribution in [2.45, 2.75) is 64.8 Å². The van der Waals surface area contributed by atoms with Gasteiger partial charge in [0.05, 0.1) is 21.9 Å². The number of aromatic nitrogens is 2. The summed E-state index contributed by atoms with van der Waals surface area (Å²) in [5, 5.41) is 13.6. The van der Waals surface area contributed by atoms with Gasteiger partial charge in [-0.1, -0.05) is 70.3 Å². The number of anilines is 1. The van der Waals surface area contributed by atoms with E-state index in [-0.39, 0.29) is 17.0 Å². The van der Waals surface area contributed by atoms with E-state index in [1.165, 1.54) is 11.1 Å². The molecule has 0 fully saturated rings. The summed E-state index contributed by atoms with van der Waals surface area (Å²) >= 11 is 3.55. The molecular weight excluding hydrogens is 507 g/mol. The number of H-pyrrole nitrogens is 1. The van der Waals surface area contributed by atoms with Crippen molar-refractivity contribution in [2.75, 3.05) is 5.32 Å². The first-order valence-corrected chi connectivity index (χ1v) is 12.6. The van der Waals surface area contributed by atoms with Gasteiger partial charge in [-0.15, -0.1) is 0 Å².